The average Bonchev–Trinajstić information content (AvgIpc) is 3.46. The van der Waals surface area contributed by atoms with Crippen molar-refractivity contribution in [3.8, 4) is 5.75 Å². The van der Waals surface area contributed by atoms with E-state index in [0.29, 0.717) is 67.8 Å². The second kappa shape index (κ2) is 34.9. The van der Waals surface area contributed by atoms with Gasteiger partial charge in [-0.1, -0.05) is 0 Å². The van der Waals surface area contributed by atoms with Crippen LogP contribution in [0.5, 0.6) is 5.75 Å². The minimum absolute atomic E-state index is 0.00813. The van der Waals surface area contributed by atoms with Gasteiger partial charge in [-0.05, 0) is 121 Å². The third-order valence-electron chi connectivity index (χ3n) is 12.5. The zero-order valence-corrected chi connectivity index (χ0v) is 45.7. The number of anilines is 1. The summed E-state index contributed by atoms with van der Waals surface area (Å²) in [6.45, 7) is 0.564. The molecule has 0 radical (unpaired) electrons. The smallest absolute Gasteiger partial charge is 0.336 e. The van der Waals surface area contributed by atoms with E-state index in [1.54, 1.807) is 12.1 Å². The number of ether oxygens (including phenoxy) is 1. The van der Waals surface area contributed by atoms with Crippen molar-refractivity contribution in [2.75, 3.05) is 51.7 Å². The summed E-state index contributed by atoms with van der Waals surface area (Å²) < 4.78 is 10.5. The van der Waals surface area contributed by atoms with E-state index in [9.17, 15) is 63.4 Å². The predicted octanol–water partition coefficient (Wildman–Crippen LogP) is -2.76. The van der Waals surface area contributed by atoms with E-state index in [2.05, 4.69) is 47.5 Å². The van der Waals surface area contributed by atoms with Crippen molar-refractivity contribution in [3.63, 3.8) is 0 Å². The number of methoxy groups -OCH3 is 1. The van der Waals surface area contributed by atoms with Crippen molar-refractivity contribution in [2.45, 2.75) is 120 Å². The number of guanidine groups is 1. The zero-order chi connectivity index (χ0) is 60.9. The van der Waals surface area contributed by atoms with Crippen LogP contribution in [0.15, 0.2) is 56.7 Å². The Bertz CT molecular complexity index is 2810. The molecule has 0 fully saturated rings. The summed E-state index contributed by atoms with van der Waals surface area (Å²) in [7, 11) is 1.43. The lowest BCUT2D eigenvalue weighted by Crippen LogP contribution is -2.58. The van der Waals surface area contributed by atoms with Crippen LogP contribution in [-0.4, -0.2) is 146 Å². The van der Waals surface area contributed by atoms with Crippen LogP contribution >= 0.6 is 0 Å². The van der Waals surface area contributed by atoms with Crippen molar-refractivity contribution in [3.05, 3.63) is 78.7 Å². The average molecular weight is 1150 g/mol. The molecule has 32 nitrogen and oxygen atoms in total. The quantitative estimate of drug-likeness (QED) is 0.00690. The summed E-state index contributed by atoms with van der Waals surface area (Å²) in [6, 6.07) is 0.378. The van der Waals surface area contributed by atoms with Gasteiger partial charge >= 0.3 is 5.63 Å². The predicted molar refractivity (Wildman–Crippen MR) is 299 cm³/mol. The number of carbonyl (C=O) groups is 8. The number of nitrogens with one attached hydrogen (secondary N) is 8. The van der Waals surface area contributed by atoms with Gasteiger partial charge in [0.1, 0.15) is 53.3 Å². The summed E-state index contributed by atoms with van der Waals surface area (Å²) >= 11 is 0. The lowest BCUT2D eigenvalue weighted by atomic mass is 10.0. The maximum Gasteiger partial charge on any atom is 0.336 e. The maximum atomic E-state index is 14.2. The number of non-ortho nitro benzene ring substituents is 1. The van der Waals surface area contributed by atoms with Crippen LogP contribution < -0.4 is 87.3 Å². The third kappa shape index (κ3) is 23.0. The van der Waals surface area contributed by atoms with Crippen molar-refractivity contribution in [2.24, 2.45) is 39.4 Å². The van der Waals surface area contributed by atoms with E-state index in [4.69, 9.17) is 43.6 Å². The van der Waals surface area contributed by atoms with Crippen molar-refractivity contribution in [1.82, 2.24) is 37.2 Å². The highest BCUT2D eigenvalue weighted by molar-refractivity contribution is 5.97. The molecule has 450 valence electrons. The lowest BCUT2D eigenvalue weighted by molar-refractivity contribution is -0.393. The van der Waals surface area contributed by atoms with E-state index >= 15 is 0 Å². The van der Waals surface area contributed by atoms with Gasteiger partial charge in [0.2, 0.25) is 47.3 Å². The largest absolute Gasteiger partial charge is 0.497 e. The van der Waals surface area contributed by atoms with Crippen molar-refractivity contribution < 1.29 is 57.4 Å². The number of hydrogen-bond donors (Lipinski definition) is 14. The molecular weight excluding hydrogens is 1080 g/mol. The molecule has 0 saturated carbocycles. The zero-order valence-electron chi connectivity index (χ0n) is 45.7. The van der Waals surface area contributed by atoms with Crippen molar-refractivity contribution >= 4 is 81.2 Å². The number of primary amides is 1. The number of nitrogens with zero attached hydrogens (tertiary/aromatic N) is 3. The fraction of sp³-hybridized carbons (Fsp3) is 0.520. The molecule has 0 aliphatic carbocycles. The molecule has 0 spiro atoms. The number of carbonyl (C=O) groups excluding carboxylic acids is 8. The highest BCUT2D eigenvalue weighted by Gasteiger charge is 2.32. The van der Waals surface area contributed by atoms with E-state index in [0.717, 1.165) is 18.2 Å². The molecule has 32 heteroatoms. The standard InChI is InChI=1S/C50H75N17O15/c1-28(45(72)63-34(44(54)71)10-3-6-18-51)60-49(76)38(26-58-33-17-14-30(66(77)78)24-39(33)67(79)80)62-42(69)27-59-46(73)35(13-9-21-57-50(55)56)64-48(75)37(12-5-8-20-53)65-47(74)36(11-4-7-19-52)61-41(68)22-29-23-43(70)82-40-25-31(81-2)15-16-32(29)40/h14-17,23-25,28,34-38,58H,3-13,18-22,26-27,51-53H2,1-2H3,(H2,54,71)(H,59,73)(H,60,76)(H,61,68)(H,62,69)(H,63,72)(H,64,75)(H,65,74)(H4,55,56,57)/t28-,34-,35-,36-,37-,38-/m0/s1. The number of nitrogens with two attached hydrogens (primary N) is 6. The molecule has 2 aromatic carbocycles. The number of hydrogen-bond acceptors (Lipinski definition) is 20. The number of benzene rings is 2. The summed E-state index contributed by atoms with van der Waals surface area (Å²) in [5.74, 6) is -6.83. The molecule has 0 bridgehead atoms. The number of fused-ring (bicyclic) bond motifs is 1. The molecule has 82 heavy (non-hydrogen) atoms. The molecule has 8 amide bonds. The third-order valence-corrected chi connectivity index (χ3v) is 12.5. The SMILES string of the molecule is COc1ccc2c(CC(=O)N[C@@H](CCCCN)C(=O)N[C@@H](CCCCN)C(=O)N[C@@H](CCCN=C(N)N)C(=O)NCC(=O)N[C@@H](CNc3ccc([N+](=O)[O-])cc3[N+](=O)[O-])C(=O)N[C@@H](C)C(=O)N[C@@H](CCCCN)C(N)=O)cc(=O)oc2c1. The van der Waals surface area contributed by atoms with Crippen molar-refractivity contribution in [1.29, 1.82) is 0 Å². The first-order valence-electron chi connectivity index (χ1n) is 26.3. The topological polar surface area (TPSA) is 527 Å². The van der Waals surface area contributed by atoms with Gasteiger partial charge in [-0.25, -0.2) is 4.79 Å². The minimum Gasteiger partial charge on any atom is -0.497 e. The van der Waals surface area contributed by atoms with Crippen LogP contribution in [0.3, 0.4) is 0 Å². The Morgan fingerprint density at radius 3 is 1.74 bits per heavy atom. The van der Waals surface area contributed by atoms with Crippen LogP contribution in [-0.2, 0) is 44.8 Å². The summed E-state index contributed by atoms with van der Waals surface area (Å²) in [4.78, 5) is 146. The summed E-state index contributed by atoms with van der Waals surface area (Å²) in [5, 5.41) is 43.9. The first-order chi connectivity index (χ1) is 39.0. The Hall–Kier alpha value is -9.04. The number of rotatable bonds is 38. The van der Waals surface area contributed by atoms with Gasteiger partial charge in [0.15, 0.2) is 5.96 Å². The molecule has 3 aromatic rings. The molecule has 0 saturated heterocycles. The maximum absolute atomic E-state index is 14.2. The number of amides is 8. The van der Waals surface area contributed by atoms with Gasteiger partial charge in [0, 0.05) is 36.7 Å². The normalized spacial score (nSPS) is 13.1. The summed E-state index contributed by atoms with van der Waals surface area (Å²) in [5.41, 5.74) is 31.5. The second-order valence-corrected chi connectivity index (χ2v) is 18.8. The van der Waals surface area contributed by atoms with Crippen LogP contribution in [0.25, 0.3) is 11.0 Å². The Morgan fingerprint density at radius 2 is 1.18 bits per heavy atom. The molecule has 6 atom stereocenters. The Morgan fingerprint density at radius 1 is 0.634 bits per heavy atom. The molecule has 3 rings (SSSR count). The molecule has 0 unspecified atom stereocenters. The molecular formula is C50H75N17O15. The van der Waals surface area contributed by atoms with E-state index in [-0.39, 0.29) is 75.4 Å². The molecule has 20 N–H and O–H groups in total. The van der Waals surface area contributed by atoms with Gasteiger partial charge in [-0.2, -0.15) is 0 Å². The second-order valence-electron chi connectivity index (χ2n) is 18.8. The Labute approximate surface area is 470 Å². The summed E-state index contributed by atoms with van der Waals surface area (Å²) in [6.07, 6.45) is 2.44. The monoisotopic (exact) mass is 1150 g/mol. The Balaban J connectivity index is 1.87. The number of nitro benzene ring substituents is 2. The van der Waals surface area contributed by atoms with E-state index < -0.39 is 123 Å². The van der Waals surface area contributed by atoms with Gasteiger partial charge < -0.3 is 86.1 Å². The molecule has 1 aromatic heterocycles. The highest BCUT2D eigenvalue weighted by atomic mass is 16.6. The highest BCUT2D eigenvalue weighted by Crippen LogP contribution is 2.29. The van der Waals surface area contributed by atoms with Gasteiger partial charge in [0.05, 0.1) is 36.0 Å². The first kappa shape index (κ1) is 67.2. The minimum atomic E-state index is -1.69. The number of nitro groups is 2. The fourth-order valence-electron chi connectivity index (χ4n) is 8.09. The van der Waals surface area contributed by atoms with Crippen LogP contribution in [0, 0.1) is 20.2 Å². The number of unbranched alkanes of at least 4 members (excludes halogenated alkanes) is 3. The fourth-order valence-corrected chi connectivity index (χ4v) is 8.09. The number of aliphatic imine (C=N–C) groups is 1. The van der Waals surface area contributed by atoms with Gasteiger partial charge in [-0.3, -0.25) is 63.6 Å². The lowest BCUT2D eigenvalue weighted by Gasteiger charge is -2.26. The molecule has 1 heterocycles. The Kier molecular flexibility index (Phi) is 28.6. The van der Waals surface area contributed by atoms with Gasteiger partial charge in [0.25, 0.3) is 11.4 Å². The first-order valence-corrected chi connectivity index (χ1v) is 26.3. The van der Waals surface area contributed by atoms with Crippen LogP contribution in [0.1, 0.15) is 83.1 Å². The molecule has 0 aliphatic heterocycles. The van der Waals surface area contributed by atoms with E-state index in [1.807, 2.05) is 0 Å². The van der Waals surface area contributed by atoms with Crippen LogP contribution in [0.4, 0.5) is 17.1 Å². The van der Waals surface area contributed by atoms with Crippen LogP contribution in [0.2, 0.25) is 0 Å². The van der Waals surface area contributed by atoms with E-state index in [1.165, 1.54) is 20.1 Å². The van der Waals surface area contributed by atoms with Gasteiger partial charge in [-0.15, -0.1) is 0 Å². The molecule has 0 aliphatic rings.